The Morgan fingerprint density at radius 3 is 2.52 bits per heavy atom. The number of carbonyl (C=O) groups excluding carboxylic acids is 1. The van der Waals surface area contributed by atoms with Crippen molar-refractivity contribution in [1.82, 2.24) is 15.0 Å². The summed E-state index contributed by atoms with van der Waals surface area (Å²) in [4.78, 5) is 18.9. The standard InChI is InChI=1S/C18H25N3O2/c1-5-13(3)17(14-10-8-7-9-11-14)18(22)21(4)12-16-19-15(6-2)20-23-16/h7-11,13,17H,5-6,12H2,1-4H3/t13-,17-/m0/s1. The van der Waals surface area contributed by atoms with Crippen LogP contribution in [0.1, 0.15) is 50.4 Å². The lowest BCUT2D eigenvalue weighted by atomic mass is 9.84. The van der Waals surface area contributed by atoms with Crippen LogP contribution in [0.2, 0.25) is 0 Å². The second-order valence-electron chi connectivity index (χ2n) is 5.93. The number of likely N-dealkylation sites (N-methyl/N-ethyl adjacent to an activating group) is 1. The van der Waals surface area contributed by atoms with E-state index in [1.54, 1.807) is 11.9 Å². The Balaban J connectivity index is 2.16. The zero-order chi connectivity index (χ0) is 16.8. The minimum absolute atomic E-state index is 0.0850. The summed E-state index contributed by atoms with van der Waals surface area (Å²) in [5.41, 5.74) is 1.05. The molecular weight excluding hydrogens is 290 g/mol. The zero-order valence-corrected chi connectivity index (χ0v) is 14.3. The third kappa shape index (κ3) is 4.18. The first-order chi connectivity index (χ1) is 11.1. The van der Waals surface area contributed by atoms with Gasteiger partial charge < -0.3 is 9.42 Å². The van der Waals surface area contributed by atoms with E-state index in [2.05, 4.69) is 24.0 Å². The van der Waals surface area contributed by atoms with Crippen LogP contribution in [0, 0.1) is 5.92 Å². The summed E-state index contributed by atoms with van der Waals surface area (Å²) in [6, 6.07) is 9.96. The van der Waals surface area contributed by atoms with E-state index in [-0.39, 0.29) is 17.7 Å². The molecule has 0 bridgehead atoms. The first-order valence-electron chi connectivity index (χ1n) is 8.18. The molecule has 1 aromatic heterocycles. The predicted molar refractivity (Wildman–Crippen MR) is 88.8 cm³/mol. The van der Waals surface area contributed by atoms with Gasteiger partial charge in [-0.2, -0.15) is 4.98 Å². The van der Waals surface area contributed by atoms with Crippen molar-refractivity contribution in [3.63, 3.8) is 0 Å². The average Bonchev–Trinajstić information content (AvgIpc) is 3.03. The van der Waals surface area contributed by atoms with Gasteiger partial charge in [-0.25, -0.2) is 0 Å². The van der Waals surface area contributed by atoms with Crippen molar-refractivity contribution in [1.29, 1.82) is 0 Å². The fourth-order valence-electron chi connectivity index (χ4n) is 2.63. The number of benzene rings is 1. The van der Waals surface area contributed by atoms with Gasteiger partial charge in [-0.05, 0) is 11.5 Å². The maximum atomic E-state index is 13.0. The van der Waals surface area contributed by atoms with Crippen LogP contribution in [0.3, 0.4) is 0 Å². The molecule has 0 fully saturated rings. The highest BCUT2D eigenvalue weighted by molar-refractivity contribution is 5.83. The Kier molecular flexibility index (Phi) is 5.90. The van der Waals surface area contributed by atoms with Gasteiger partial charge in [0.15, 0.2) is 5.82 Å². The van der Waals surface area contributed by atoms with E-state index < -0.39 is 0 Å². The van der Waals surface area contributed by atoms with E-state index in [0.29, 0.717) is 18.3 Å². The smallest absolute Gasteiger partial charge is 0.246 e. The van der Waals surface area contributed by atoms with Crippen molar-refractivity contribution in [2.45, 2.75) is 46.1 Å². The fraction of sp³-hybridized carbons (Fsp3) is 0.500. The third-order valence-corrected chi connectivity index (χ3v) is 4.21. The SMILES string of the molecule is CCc1noc(CN(C)C(=O)[C@H](c2ccccc2)[C@@H](C)CC)n1. The maximum absolute atomic E-state index is 13.0. The third-order valence-electron chi connectivity index (χ3n) is 4.21. The van der Waals surface area contributed by atoms with Crippen molar-refractivity contribution in [3.8, 4) is 0 Å². The molecule has 0 aliphatic carbocycles. The Labute approximate surface area is 137 Å². The molecule has 0 aliphatic heterocycles. The summed E-state index contributed by atoms with van der Waals surface area (Å²) >= 11 is 0. The number of aromatic nitrogens is 2. The van der Waals surface area contributed by atoms with E-state index in [4.69, 9.17) is 4.52 Å². The molecule has 1 amide bonds. The minimum Gasteiger partial charge on any atom is -0.337 e. The Morgan fingerprint density at radius 1 is 1.26 bits per heavy atom. The molecule has 0 saturated heterocycles. The molecule has 2 rings (SSSR count). The first kappa shape index (κ1) is 17.2. The Bertz CT molecular complexity index is 624. The van der Waals surface area contributed by atoms with Gasteiger partial charge in [-0.3, -0.25) is 4.79 Å². The van der Waals surface area contributed by atoms with Gasteiger partial charge in [0.2, 0.25) is 11.8 Å². The Hall–Kier alpha value is -2.17. The lowest BCUT2D eigenvalue weighted by Crippen LogP contribution is -2.34. The van der Waals surface area contributed by atoms with Gasteiger partial charge in [0.1, 0.15) is 0 Å². The van der Waals surface area contributed by atoms with Crippen LogP contribution >= 0.6 is 0 Å². The van der Waals surface area contributed by atoms with Gasteiger partial charge in [-0.1, -0.05) is 62.7 Å². The molecule has 124 valence electrons. The summed E-state index contributed by atoms with van der Waals surface area (Å²) in [6.45, 7) is 6.54. The normalized spacial score (nSPS) is 13.6. The molecular formula is C18H25N3O2. The summed E-state index contributed by atoms with van der Waals surface area (Å²) in [7, 11) is 1.79. The molecule has 0 N–H and O–H groups in total. The van der Waals surface area contributed by atoms with Gasteiger partial charge in [-0.15, -0.1) is 0 Å². The van der Waals surface area contributed by atoms with E-state index >= 15 is 0 Å². The molecule has 1 aromatic carbocycles. The first-order valence-corrected chi connectivity index (χ1v) is 8.18. The van der Waals surface area contributed by atoms with Crippen LogP contribution in [0.15, 0.2) is 34.9 Å². The van der Waals surface area contributed by atoms with Crippen LogP contribution in [0.4, 0.5) is 0 Å². The minimum atomic E-state index is -0.153. The quantitative estimate of drug-likeness (QED) is 0.785. The van der Waals surface area contributed by atoms with Crippen molar-refractivity contribution < 1.29 is 9.32 Å². The predicted octanol–water partition coefficient (Wildman–Crippen LogP) is 3.42. The van der Waals surface area contributed by atoms with E-state index in [0.717, 1.165) is 18.4 Å². The highest BCUT2D eigenvalue weighted by atomic mass is 16.5. The molecule has 5 nitrogen and oxygen atoms in total. The second-order valence-corrected chi connectivity index (χ2v) is 5.93. The summed E-state index contributed by atoms with van der Waals surface area (Å²) in [6.07, 6.45) is 1.67. The maximum Gasteiger partial charge on any atom is 0.246 e. The van der Waals surface area contributed by atoms with E-state index in [1.165, 1.54) is 0 Å². The van der Waals surface area contributed by atoms with Crippen molar-refractivity contribution in [2.75, 3.05) is 7.05 Å². The molecule has 0 unspecified atom stereocenters. The lowest BCUT2D eigenvalue weighted by Gasteiger charge is -2.27. The van der Waals surface area contributed by atoms with Crippen molar-refractivity contribution in [2.24, 2.45) is 5.92 Å². The van der Waals surface area contributed by atoms with Crippen LogP contribution in [-0.4, -0.2) is 28.0 Å². The fourth-order valence-corrected chi connectivity index (χ4v) is 2.63. The molecule has 0 saturated carbocycles. The number of hydrogen-bond donors (Lipinski definition) is 0. The van der Waals surface area contributed by atoms with Gasteiger partial charge >= 0.3 is 0 Å². The number of aryl methyl sites for hydroxylation is 1. The average molecular weight is 315 g/mol. The molecule has 23 heavy (non-hydrogen) atoms. The number of hydrogen-bond acceptors (Lipinski definition) is 4. The number of amides is 1. The molecule has 2 aromatic rings. The molecule has 0 radical (unpaired) electrons. The van der Waals surface area contributed by atoms with Crippen LogP contribution in [-0.2, 0) is 17.8 Å². The largest absolute Gasteiger partial charge is 0.337 e. The van der Waals surface area contributed by atoms with Crippen LogP contribution < -0.4 is 0 Å². The molecule has 5 heteroatoms. The van der Waals surface area contributed by atoms with E-state index in [9.17, 15) is 4.79 Å². The monoisotopic (exact) mass is 315 g/mol. The zero-order valence-electron chi connectivity index (χ0n) is 14.3. The molecule has 0 aliphatic rings. The topological polar surface area (TPSA) is 59.2 Å². The van der Waals surface area contributed by atoms with E-state index in [1.807, 2.05) is 37.3 Å². The highest BCUT2D eigenvalue weighted by Gasteiger charge is 2.29. The molecule has 1 heterocycles. The van der Waals surface area contributed by atoms with Gasteiger partial charge in [0, 0.05) is 13.5 Å². The van der Waals surface area contributed by atoms with Gasteiger partial charge in [0.05, 0.1) is 12.5 Å². The van der Waals surface area contributed by atoms with Crippen molar-refractivity contribution >= 4 is 5.91 Å². The summed E-state index contributed by atoms with van der Waals surface area (Å²) in [5.74, 6) is 1.35. The number of carbonyl (C=O) groups is 1. The summed E-state index contributed by atoms with van der Waals surface area (Å²) < 4.78 is 5.19. The van der Waals surface area contributed by atoms with Crippen LogP contribution in [0.5, 0.6) is 0 Å². The van der Waals surface area contributed by atoms with Gasteiger partial charge in [0.25, 0.3) is 0 Å². The van der Waals surface area contributed by atoms with Crippen molar-refractivity contribution in [3.05, 3.63) is 47.6 Å². The molecule has 2 atom stereocenters. The number of nitrogens with zero attached hydrogens (tertiary/aromatic N) is 3. The number of rotatable bonds is 7. The molecule has 0 spiro atoms. The summed E-state index contributed by atoms with van der Waals surface area (Å²) in [5, 5.41) is 3.88. The lowest BCUT2D eigenvalue weighted by molar-refractivity contribution is -0.133. The highest BCUT2D eigenvalue weighted by Crippen LogP contribution is 2.29. The second kappa shape index (κ2) is 7.90. The van der Waals surface area contributed by atoms with Crippen LogP contribution in [0.25, 0.3) is 0 Å². The Morgan fingerprint density at radius 2 is 1.96 bits per heavy atom.